The van der Waals surface area contributed by atoms with Crippen LogP contribution in [0, 0.1) is 11.3 Å². The van der Waals surface area contributed by atoms with Crippen LogP contribution in [0.5, 0.6) is 5.75 Å². The summed E-state index contributed by atoms with van der Waals surface area (Å²) in [6.07, 6.45) is 4.67. The lowest BCUT2D eigenvalue weighted by Crippen LogP contribution is -2.48. The van der Waals surface area contributed by atoms with Crippen molar-refractivity contribution < 1.29 is 14.3 Å². The summed E-state index contributed by atoms with van der Waals surface area (Å²) in [6, 6.07) is 16.6. The summed E-state index contributed by atoms with van der Waals surface area (Å²) >= 11 is 0. The van der Waals surface area contributed by atoms with E-state index in [0.717, 1.165) is 55.8 Å². The van der Waals surface area contributed by atoms with Gasteiger partial charge < -0.3 is 19.7 Å². The molecule has 2 saturated heterocycles. The number of methoxy groups -OCH3 is 1. The smallest absolute Gasteiger partial charge is 0.226 e. The molecule has 5 nitrogen and oxygen atoms in total. The van der Waals surface area contributed by atoms with Crippen LogP contribution in [-0.4, -0.2) is 57.8 Å². The highest BCUT2D eigenvalue weighted by molar-refractivity contribution is 5.83. The van der Waals surface area contributed by atoms with Gasteiger partial charge in [-0.05, 0) is 68.8 Å². The fraction of sp³-hybridized carbons (Fsp3) is 0.519. The lowest BCUT2D eigenvalue weighted by Gasteiger charge is -2.37. The van der Waals surface area contributed by atoms with Gasteiger partial charge in [0.15, 0.2) is 0 Å². The van der Waals surface area contributed by atoms with Gasteiger partial charge in [-0.2, -0.15) is 0 Å². The third kappa shape index (κ3) is 5.33. The van der Waals surface area contributed by atoms with Crippen molar-refractivity contribution in [3.05, 3.63) is 54.1 Å². The second-order valence-corrected chi connectivity index (χ2v) is 9.45. The Hall–Kier alpha value is -2.37. The number of carbonyl (C=O) groups is 1. The first-order valence-corrected chi connectivity index (χ1v) is 11.9. The van der Waals surface area contributed by atoms with E-state index in [0.29, 0.717) is 19.1 Å². The first kappa shape index (κ1) is 22.8. The molecule has 5 heteroatoms. The van der Waals surface area contributed by atoms with Gasteiger partial charge in [0.25, 0.3) is 0 Å². The molecule has 2 aromatic carbocycles. The minimum atomic E-state index is -0.405. The zero-order valence-corrected chi connectivity index (χ0v) is 19.4. The predicted molar refractivity (Wildman–Crippen MR) is 128 cm³/mol. The summed E-state index contributed by atoms with van der Waals surface area (Å²) in [5.74, 6) is 1.60. The van der Waals surface area contributed by atoms with E-state index in [-0.39, 0.29) is 5.91 Å². The molecule has 0 aromatic heterocycles. The van der Waals surface area contributed by atoms with Crippen LogP contribution in [0.1, 0.15) is 31.2 Å². The first-order chi connectivity index (χ1) is 15.6. The van der Waals surface area contributed by atoms with Gasteiger partial charge in [-0.25, -0.2) is 0 Å². The monoisotopic (exact) mass is 436 g/mol. The maximum absolute atomic E-state index is 13.5. The molecule has 4 rings (SSSR count). The average Bonchev–Trinajstić information content (AvgIpc) is 2.83. The zero-order valence-electron chi connectivity index (χ0n) is 19.4. The highest BCUT2D eigenvalue weighted by Crippen LogP contribution is 2.37. The van der Waals surface area contributed by atoms with Gasteiger partial charge in [0.1, 0.15) is 5.75 Å². The van der Waals surface area contributed by atoms with E-state index in [9.17, 15) is 4.79 Å². The SMILES string of the molecule is COc1ccccc1-c1cccc(CC2(C(=O)NC[C@@H]3CCCN(C)C3)CCOCC2)c1. The number of nitrogens with one attached hydrogen (secondary N) is 1. The summed E-state index contributed by atoms with van der Waals surface area (Å²) in [4.78, 5) is 15.9. The van der Waals surface area contributed by atoms with E-state index < -0.39 is 5.41 Å². The van der Waals surface area contributed by atoms with E-state index in [4.69, 9.17) is 9.47 Å². The van der Waals surface area contributed by atoms with E-state index in [1.54, 1.807) is 7.11 Å². The lowest BCUT2D eigenvalue weighted by atomic mass is 9.74. The Morgan fingerprint density at radius 3 is 2.78 bits per heavy atom. The van der Waals surface area contributed by atoms with Gasteiger partial charge in [-0.3, -0.25) is 4.79 Å². The van der Waals surface area contributed by atoms with Crippen LogP contribution in [0.3, 0.4) is 0 Å². The summed E-state index contributed by atoms with van der Waals surface area (Å²) in [6.45, 7) is 4.29. The van der Waals surface area contributed by atoms with Crippen LogP contribution in [-0.2, 0) is 16.0 Å². The normalized spacial score (nSPS) is 21.1. The van der Waals surface area contributed by atoms with Crippen LogP contribution in [0.2, 0.25) is 0 Å². The lowest BCUT2D eigenvalue weighted by molar-refractivity contribution is -0.137. The van der Waals surface area contributed by atoms with Crippen molar-refractivity contribution in [2.75, 3.05) is 47.0 Å². The second-order valence-electron chi connectivity index (χ2n) is 9.45. The second kappa shape index (κ2) is 10.5. The van der Waals surface area contributed by atoms with Gasteiger partial charge in [-0.1, -0.05) is 42.5 Å². The molecular weight excluding hydrogens is 400 g/mol. The number of benzene rings is 2. The van der Waals surface area contributed by atoms with Gasteiger partial charge in [0, 0.05) is 31.9 Å². The van der Waals surface area contributed by atoms with Gasteiger partial charge in [0.2, 0.25) is 5.91 Å². The van der Waals surface area contributed by atoms with Crippen LogP contribution >= 0.6 is 0 Å². The summed E-state index contributed by atoms with van der Waals surface area (Å²) in [5, 5.41) is 3.33. The maximum atomic E-state index is 13.5. The average molecular weight is 437 g/mol. The summed E-state index contributed by atoms with van der Waals surface area (Å²) < 4.78 is 11.2. The van der Waals surface area contributed by atoms with Crippen molar-refractivity contribution in [3.63, 3.8) is 0 Å². The number of rotatable bonds is 7. The summed E-state index contributed by atoms with van der Waals surface area (Å²) in [7, 11) is 3.87. The molecular formula is C27H36N2O3. The molecule has 2 aliphatic heterocycles. The molecule has 0 saturated carbocycles. The van der Waals surface area contributed by atoms with Crippen LogP contribution in [0.25, 0.3) is 11.1 Å². The Balaban J connectivity index is 1.50. The number of para-hydroxylation sites is 1. The van der Waals surface area contributed by atoms with E-state index >= 15 is 0 Å². The molecule has 0 unspecified atom stereocenters. The van der Waals surface area contributed by atoms with Crippen molar-refractivity contribution in [2.24, 2.45) is 11.3 Å². The predicted octanol–water partition coefficient (Wildman–Crippen LogP) is 4.16. The molecule has 0 bridgehead atoms. The van der Waals surface area contributed by atoms with E-state index in [2.05, 4.69) is 47.6 Å². The van der Waals surface area contributed by atoms with Crippen LogP contribution in [0.4, 0.5) is 0 Å². The molecule has 0 aliphatic carbocycles. The minimum Gasteiger partial charge on any atom is -0.496 e. The minimum absolute atomic E-state index is 0.191. The number of carbonyl (C=O) groups excluding carboxylic acids is 1. The fourth-order valence-electron chi connectivity index (χ4n) is 5.23. The van der Waals surface area contributed by atoms with Gasteiger partial charge >= 0.3 is 0 Å². The quantitative estimate of drug-likeness (QED) is 0.708. The number of hydrogen-bond acceptors (Lipinski definition) is 4. The molecule has 2 aliphatic rings. The maximum Gasteiger partial charge on any atom is 0.226 e. The third-order valence-electron chi connectivity index (χ3n) is 7.09. The molecule has 2 heterocycles. The molecule has 2 aromatic rings. The topological polar surface area (TPSA) is 50.8 Å². The van der Waals surface area contributed by atoms with Crippen molar-refractivity contribution in [2.45, 2.75) is 32.1 Å². The number of amides is 1. The van der Waals surface area contributed by atoms with Crippen molar-refractivity contribution in [3.8, 4) is 16.9 Å². The fourth-order valence-corrected chi connectivity index (χ4v) is 5.23. The number of piperidine rings is 1. The standard InChI is InChI=1S/C27H36N2O3/c1-29-14-6-8-22(20-29)19-28-26(30)27(12-15-32-16-13-27)18-21-7-5-9-23(17-21)24-10-3-4-11-25(24)31-2/h3-5,7,9-11,17,22H,6,8,12-16,18-20H2,1-2H3,(H,28,30)/t22-/m0/s1. The molecule has 172 valence electrons. The first-order valence-electron chi connectivity index (χ1n) is 11.9. The molecule has 32 heavy (non-hydrogen) atoms. The number of ether oxygens (including phenoxy) is 2. The number of hydrogen-bond donors (Lipinski definition) is 1. The highest BCUT2D eigenvalue weighted by Gasteiger charge is 2.40. The van der Waals surface area contributed by atoms with E-state index in [1.165, 1.54) is 18.4 Å². The summed E-state index contributed by atoms with van der Waals surface area (Å²) in [5.41, 5.74) is 2.97. The van der Waals surface area contributed by atoms with E-state index in [1.807, 2.05) is 18.2 Å². The largest absolute Gasteiger partial charge is 0.496 e. The molecule has 1 atom stereocenters. The third-order valence-corrected chi connectivity index (χ3v) is 7.09. The van der Waals surface area contributed by atoms with Crippen molar-refractivity contribution >= 4 is 5.91 Å². The highest BCUT2D eigenvalue weighted by atomic mass is 16.5. The van der Waals surface area contributed by atoms with Gasteiger partial charge in [-0.15, -0.1) is 0 Å². The molecule has 1 N–H and O–H groups in total. The Labute approximate surface area is 192 Å². The van der Waals surface area contributed by atoms with Gasteiger partial charge in [0.05, 0.1) is 12.5 Å². The molecule has 0 spiro atoms. The Bertz CT molecular complexity index is 907. The number of likely N-dealkylation sites (tertiary alicyclic amines) is 1. The Morgan fingerprint density at radius 1 is 1.19 bits per heavy atom. The molecule has 1 amide bonds. The Kier molecular flexibility index (Phi) is 7.48. The van der Waals surface area contributed by atoms with Crippen molar-refractivity contribution in [1.29, 1.82) is 0 Å². The molecule has 0 radical (unpaired) electrons. The number of nitrogens with zero attached hydrogens (tertiary/aromatic N) is 1. The molecule has 2 fully saturated rings. The van der Waals surface area contributed by atoms with Crippen LogP contribution < -0.4 is 10.1 Å². The van der Waals surface area contributed by atoms with Crippen LogP contribution in [0.15, 0.2) is 48.5 Å². The Morgan fingerprint density at radius 2 is 2.00 bits per heavy atom. The van der Waals surface area contributed by atoms with Crippen molar-refractivity contribution in [1.82, 2.24) is 10.2 Å². The zero-order chi connectivity index (χ0) is 22.4.